The van der Waals surface area contributed by atoms with Crippen molar-refractivity contribution in [2.45, 2.75) is 77.9 Å². The van der Waals surface area contributed by atoms with E-state index < -0.39 is 36.2 Å². The molecule has 0 unspecified atom stereocenters. The summed E-state index contributed by atoms with van der Waals surface area (Å²) in [4.78, 5) is 49.5. The van der Waals surface area contributed by atoms with Crippen molar-refractivity contribution in [1.82, 2.24) is 35.9 Å². The van der Waals surface area contributed by atoms with Crippen LogP contribution in [0.1, 0.15) is 62.1 Å². The summed E-state index contributed by atoms with van der Waals surface area (Å²) in [5, 5.41) is 18.8. The molecule has 50 heavy (non-hydrogen) atoms. The van der Waals surface area contributed by atoms with Gasteiger partial charge in [-0.2, -0.15) is 0 Å². The molecule has 0 radical (unpaired) electrons. The molecule has 0 aliphatic carbocycles. The fourth-order valence-corrected chi connectivity index (χ4v) is 5.08. The minimum Gasteiger partial charge on any atom is -0.448 e. The van der Waals surface area contributed by atoms with E-state index in [0.717, 1.165) is 11.1 Å². The number of amides is 4. The van der Waals surface area contributed by atoms with Gasteiger partial charge in [0.05, 0.1) is 30.6 Å². The molecule has 0 aliphatic heterocycles. The average molecular weight is 690 g/mol. The lowest BCUT2D eigenvalue weighted by atomic mass is 10.0. The zero-order valence-corrected chi connectivity index (χ0v) is 29.1. The molecule has 4 aromatic rings. The van der Waals surface area contributed by atoms with Crippen LogP contribution in [-0.4, -0.2) is 74.8 Å². The van der Waals surface area contributed by atoms with Crippen LogP contribution in [-0.2, 0) is 35.6 Å². The van der Waals surface area contributed by atoms with Gasteiger partial charge in [-0.1, -0.05) is 88.4 Å². The number of nitrogens with one attached hydrogen (secondary N) is 3. The number of hydrogen-bond acceptors (Lipinski definition) is 10. The molecule has 2 aromatic heterocycles. The number of aromatic nitrogens is 2. The fourth-order valence-electron chi connectivity index (χ4n) is 5.08. The van der Waals surface area contributed by atoms with Crippen molar-refractivity contribution >= 4 is 18.0 Å². The van der Waals surface area contributed by atoms with Gasteiger partial charge in [0.15, 0.2) is 24.7 Å². The molecule has 2 heterocycles. The van der Waals surface area contributed by atoms with Gasteiger partial charge >= 0.3 is 12.1 Å². The number of rotatable bonds is 17. The lowest BCUT2D eigenvalue weighted by Crippen LogP contribution is -2.58. The first-order chi connectivity index (χ1) is 24.0. The lowest BCUT2D eigenvalue weighted by Gasteiger charge is -2.32. The summed E-state index contributed by atoms with van der Waals surface area (Å²) in [6.07, 6.45) is 2.58. The average Bonchev–Trinajstić information content (AvgIpc) is 3.79. The minimum absolute atomic E-state index is 0.0659. The van der Waals surface area contributed by atoms with Gasteiger partial charge in [0.2, 0.25) is 0 Å². The van der Waals surface area contributed by atoms with Gasteiger partial charge in [0.25, 0.3) is 5.91 Å². The van der Waals surface area contributed by atoms with Crippen molar-refractivity contribution < 1.29 is 33.1 Å². The van der Waals surface area contributed by atoms with Crippen molar-refractivity contribution in [1.29, 1.82) is 0 Å². The molecule has 14 nitrogen and oxygen atoms in total. The number of carbonyl (C=O) groups excluding carboxylic acids is 3. The number of alkyl carbamates (subject to hydrolysis) is 1. The Morgan fingerprint density at radius 3 is 2.20 bits per heavy atom. The third kappa shape index (κ3) is 11.7. The third-order valence-corrected chi connectivity index (χ3v) is 7.82. The van der Waals surface area contributed by atoms with Gasteiger partial charge in [0.1, 0.15) is 12.3 Å². The van der Waals surface area contributed by atoms with Gasteiger partial charge in [-0.25, -0.2) is 24.6 Å². The van der Waals surface area contributed by atoms with Crippen LogP contribution in [0.5, 0.6) is 0 Å². The fraction of sp³-hybridized carbons (Fsp3) is 0.417. The Morgan fingerprint density at radius 1 is 0.920 bits per heavy atom. The number of nitrogens with zero attached hydrogens (tertiary/aromatic N) is 4. The highest BCUT2D eigenvalue weighted by molar-refractivity contribution is 5.87. The normalized spacial score (nSPS) is 13.1. The number of aliphatic hydroxyl groups is 1. The van der Waals surface area contributed by atoms with Gasteiger partial charge in [-0.15, -0.1) is 0 Å². The maximum Gasteiger partial charge on any atom is 0.407 e. The van der Waals surface area contributed by atoms with Crippen LogP contribution >= 0.6 is 0 Å². The van der Waals surface area contributed by atoms with E-state index in [0.29, 0.717) is 17.3 Å². The summed E-state index contributed by atoms with van der Waals surface area (Å²) in [6.45, 7) is 7.82. The van der Waals surface area contributed by atoms with Gasteiger partial charge < -0.3 is 34.2 Å². The minimum atomic E-state index is -1.16. The molecular weight excluding hydrogens is 642 g/mol. The van der Waals surface area contributed by atoms with E-state index in [2.05, 4.69) is 26.0 Å². The van der Waals surface area contributed by atoms with Crippen LogP contribution in [0.4, 0.5) is 9.59 Å². The number of hydrogen-bond donors (Lipinski definition) is 4. The summed E-state index contributed by atoms with van der Waals surface area (Å²) in [5.41, 5.74) is 5.26. The van der Waals surface area contributed by atoms with E-state index >= 15 is 0 Å². The van der Waals surface area contributed by atoms with E-state index in [1.165, 1.54) is 23.8 Å². The predicted octanol–water partition coefficient (Wildman–Crippen LogP) is 4.38. The van der Waals surface area contributed by atoms with Crippen molar-refractivity contribution in [3.05, 3.63) is 108 Å². The van der Waals surface area contributed by atoms with Crippen LogP contribution in [0.25, 0.3) is 0 Å². The van der Waals surface area contributed by atoms with Crippen LogP contribution in [0, 0.1) is 5.92 Å². The van der Waals surface area contributed by atoms with Crippen molar-refractivity contribution in [3.8, 4) is 0 Å². The quantitative estimate of drug-likeness (QED) is 0.116. The van der Waals surface area contributed by atoms with Crippen LogP contribution in [0.3, 0.4) is 0 Å². The topological polar surface area (TPSA) is 175 Å². The summed E-state index contributed by atoms with van der Waals surface area (Å²) in [5.74, 6) is 0.319. The van der Waals surface area contributed by atoms with E-state index in [1.54, 1.807) is 12.1 Å². The molecule has 0 fully saturated rings. The van der Waals surface area contributed by atoms with Gasteiger partial charge in [0, 0.05) is 26.1 Å². The summed E-state index contributed by atoms with van der Waals surface area (Å²) in [7, 11) is 1.61. The molecule has 0 spiro atoms. The molecule has 2 aromatic carbocycles. The smallest absolute Gasteiger partial charge is 0.407 e. The molecule has 3 atom stereocenters. The molecule has 4 rings (SSSR count). The van der Waals surface area contributed by atoms with Crippen molar-refractivity contribution in [3.63, 3.8) is 0 Å². The SMILES string of the molecule is CC(C)c1nc(CN(C)C(=O)N[C@@H](C(=O)NN(Cc2ccccc2)C[C@H](O)[C@H](Cc2ccccc2)NC(=O)OCc2cnco2)C(C)C)co1. The number of oxazole rings is 2. The van der Waals surface area contributed by atoms with E-state index in [1.807, 2.05) is 88.4 Å². The summed E-state index contributed by atoms with van der Waals surface area (Å²) in [6, 6.07) is 16.7. The molecule has 14 heteroatoms. The zero-order valence-electron chi connectivity index (χ0n) is 29.1. The third-order valence-electron chi connectivity index (χ3n) is 7.82. The Kier molecular flexibility index (Phi) is 13.9. The van der Waals surface area contributed by atoms with E-state index in [4.69, 9.17) is 13.6 Å². The van der Waals surface area contributed by atoms with Crippen LogP contribution in [0.15, 0.2) is 88.4 Å². The maximum absolute atomic E-state index is 13.8. The number of carbonyl (C=O) groups is 3. The van der Waals surface area contributed by atoms with Gasteiger partial charge in [-0.05, 0) is 23.5 Å². The first-order valence-electron chi connectivity index (χ1n) is 16.6. The first-order valence-corrected chi connectivity index (χ1v) is 16.6. The predicted molar refractivity (Wildman–Crippen MR) is 184 cm³/mol. The molecule has 4 amide bonds. The molecule has 0 aliphatic rings. The lowest BCUT2D eigenvalue weighted by molar-refractivity contribution is -0.130. The van der Waals surface area contributed by atoms with Crippen molar-refractivity contribution in [2.75, 3.05) is 13.6 Å². The number of ether oxygens (including phenoxy) is 1. The monoisotopic (exact) mass is 689 g/mol. The van der Waals surface area contributed by atoms with Crippen molar-refractivity contribution in [2.24, 2.45) is 5.92 Å². The molecule has 4 N–H and O–H groups in total. The second-order valence-electron chi connectivity index (χ2n) is 12.8. The number of urea groups is 1. The molecule has 268 valence electrons. The molecular formula is C36H47N7O7. The van der Waals surface area contributed by atoms with E-state index in [9.17, 15) is 19.5 Å². The standard InChI is InChI=1S/C36H47N7O7/c1-24(2)32(40-35(46)42(5)19-28-21-48-34(38-28)25(3)4)33(45)41-43(18-27-14-10-7-11-15-27)20-31(44)30(16-26-12-8-6-9-13-26)39-36(47)49-22-29-17-37-23-50-29/h6-15,17,21,23-25,30-32,44H,16,18-20,22H2,1-5H3,(H,39,47)(H,40,46)(H,41,45)/t30-,31-,32+/m0/s1. The Morgan fingerprint density at radius 2 is 1.60 bits per heavy atom. The Balaban J connectivity index is 1.46. The zero-order chi connectivity index (χ0) is 36.0. The maximum atomic E-state index is 13.8. The number of aliphatic hydroxyl groups excluding tert-OH is 1. The number of benzene rings is 2. The Hall–Kier alpha value is -5.21. The molecule has 0 saturated heterocycles. The second-order valence-corrected chi connectivity index (χ2v) is 12.8. The van der Waals surface area contributed by atoms with Crippen LogP contribution < -0.4 is 16.1 Å². The van der Waals surface area contributed by atoms with Gasteiger partial charge in [-0.3, -0.25) is 10.2 Å². The molecule has 0 bridgehead atoms. The summed E-state index contributed by atoms with van der Waals surface area (Å²) < 4.78 is 15.9. The van der Waals surface area contributed by atoms with E-state index in [-0.39, 0.29) is 44.5 Å². The van der Waals surface area contributed by atoms with Crippen LogP contribution in [0.2, 0.25) is 0 Å². The Bertz CT molecular complexity index is 1610. The Labute approximate surface area is 292 Å². The highest BCUT2D eigenvalue weighted by Gasteiger charge is 2.30. The first kappa shape index (κ1) is 37.6. The molecule has 0 saturated carbocycles. The summed E-state index contributed by atoms with van der Waals surface area (Å²) >= 11 is 0. The highest BCUT2D eigenvalue weighted by Crippen LogP contribution is 2.15. The largest absolute Gasteiger partial charge is 0.448 e. The second kappa shape index (κ2) is 18.5. The number of hydrazine groups is 1. The highest BCUT2D eigenvalue weighted by atomic mass is 16.6.